The minimum absolute atomic E-state index is 0.0985. The predicted molar refractivity (Wildman–Crippen MR) is 198 cm³/mol. The summed E-state index contributed by atoms with van der Waals surface area (Å²) in [4.78, 5) is 24.8. The van der Waals surface area contributed by atoms with E-state index in [1.54, 1.807) is 16.1 Å². The van der Waals surface area contributed by atoms with Gasteiger partial charge in [0.1, 0.15) is 6.17 Å². The minimum atomic E-state index is -2.79. The maximum Gasteiger partial charge on any atom is 0.264 e. The lowest BCUT2D eigenvalue weighted by Crippen LogP contribution is -2.47. The van der Waals surface area contributed by atoms with Gasteiger partial charge in [0.05, 0.1) is 24.1 Å². The average Bonchev–Trinajstić information content (AvgIpc) is 3.88. The quantitative estimate of drug-likeness (QED) is 0.152. The average molecular weight is 736 g/mol. The highest BCUT2D eigenvalue weighted by Crippen LogP contribution is 2.40. The molecule has 0 radical (unpaired) electrons. The molecule has 5 aromatic rings. The lowest BCUT2D eigenvalue weighted by Gasteiger charge is -2.42. The van der Waals surface area contributed by atoms with Crippen LogP contribution in [0.4, 0.5) is 24.0 Å². The van der Waals surface area contributed by atoms with Crippen LogP contribution < -0.4 is 10.2 Å². The smallest absolute Gasteiger partial charge is 0.264 e. The lowest BCUT2D eigenvalue weighted by molar-refractivity contribution is -0.118. The zero-order chi connectivity index (χ0) is 36.2. The number of benzene rings is 2. The number of piperidine rings is 1. The fourth-order valence-electron chi connectivity index (χ4n) is 6.99. The molecular formula is C37H44F3N7O2SSi. The fourth-order valence-corrected chi connectivity index (χ4v) is 8.94. The highest BCUT2D eigenvalue weighted by molar-refractivity contribution is 7.13. The van der Waals surface area contributed by atoms with E-state index in [1.165, 1.54) is 34.6 Å². The summed E-state index contributed by atoms with van der Waals surface area (Å²) in [5, 5.41) is 10.1. The van der Waals surface area contributed by atoms with Crippen molar-refractivity contribution >= 4 is 47.3 Å². The second-order valence-corrected chi connectivity index (χ2v) is 20.8. The summed E-state index contributed by atoms with van der Waals surface area (Å²) in [5.41, 5.74) is 4.33. The highest BCUT2D eigenvalue weighted by Gasteiger charge is 2.40. The van der Waals surface area contributed by atoms with E-state index in [9.17, 15) is 18.0 Å². The first-order valence-corrected chi connectivity index (χ1v) is 21.2. The molecule has 0 saturated carbocycles. The highest BCUT2D eigenvalue weighted by atomic mass is 32.1. The molecule has 2 atom stereocenters. The predicted octanol–water partition coefficient (Wildman–Crippen LogP) is 8.72. The van der Waals surface area contributed by atoms with Crippen LogP contribution in [-0.2, 0) is 22.2 Å². The van der Waals surface area contributed by atoms with E-state index in [1.807, 2.05) is 31.2 Å². The molecule has 1 unspecified atom stereocenters. The molecule has 1 N–H and O–H groups in total. The molecule has 0 bridgehead atoms. The summed E-state index contributed by atoms with van der Waals surface area (Å²) in [5.74, 6) is -0.496. The molecule has 1 amide bonds. The number of nitrogens with zero attached hydrogens (tertiary/aromatic N) is 6. The molecular weight excluding hydrogens is 692 g/mol. The Kier molecular flexibility index (Phi) is 9.38. The van der Waals surface area contributed by atoms with E-state index in [4.69, 9.17) is 9.52 Å². The van der Waals surface area contributed by atoms with Gasteiger partial charge in [0.25, 0.3) is 12.3 Å². The third kappa shape index (κ3) is 6.85. The van der Waals surface area contributed by atoms with E-state index in [0.717, 1.165) is 37.2 Å². The lowest BCUT2D eigenvalue weighted by atomic mass is 9.95. The number of thiazole rings is 1. The number of alkyl halides is 3. The van der Waals surface area contributed by atoms with E-state index in [2.05, 4.69) is 54.0 Å². The van der Waals surface area contributed by atoms with Crippen LogP contribution in [0.2, 0.25) is 18.1 Å². The van der Waals surface area contributed by atoms with Gasteiger partial charge in [0.15, 0.2) is 19.5 Å². The third-order valence-corrected chi connectivity index (χ3v) is 16.0. The van der Waals surface area contributed by atoms with Gasteiger partial charge in [-0.15, -0.1) is 11.3 Å². The summed E-state index contributed by atoms with van der Waals surface area (Å²) >= 11 is 1.25. The van der Waals surface area contributed by atoms with Gasteiger partial charge in [0.2, 0.25) is 0 Å². The van der Waals surface area contributed by atoms with E-state index < -0.39 is 32.9 Å². The molecule has 2 aromatic carbocycles. The van der Waals surface area contributed by atoms with Crippen LogP contribution in [0, 0.1) is 6.92 Å². The van der Waals surface area contributed by atoms with Gasteiger partial charge < -0.3 is 13.9 Å². The summed E-state index contributed by atoms with van der Waals surface area (Å²) in [7, 11) is -1.84. The molecule has 3 aromatic heterocycles. The molecule has 0 aliphatic carbocycles. The van der Waals surface area contributed by atoms with Crippen LogP contribution in [0.3, 0.4) is 0 Å². The summed E-state index contributed by atoms with van der Waals surface area (Å²) in [6.45, 7) is 15.2. The van der Waals surface area contributed by atoms with E-state index >= 15 is 0 Å². The van der Waals surface area contributed by atoms with Gasteiger partial charge in [-0.05, 0) is 72.8 Å². The van der Waals surface area contributed by atoms with Crippen molar-refractivity contribution in [3.8, 4) is 11.1 Å². The Bertz CT molecular complexity index is 2030. The molecule has 1 saturated heterocycles. The number of carbonyl (C=O) groups excluding carboxylic acids is 1. The molecule has 9 nitrogen and oxygen atoms in total. The number of anilines is 2. The maximum absolute atomic E-state index is 14.8. The topological polar surface area (TPSA) is 90.1 Å². The van der Waals surface area contributed by atoms with Crippen molar-refractivity contribution in [2.24, 2.45) is 0 Å². The Labute approximate surface area is 301 Å². The number of aryl methyl sites for hydroxylation is 1. The number of imidazole rings is 1. The number of aromatic nitrogens is 5. The first-order chi connectivity index (χ1) is 24.2. The number of hydrogen-bond donors (Lipinski definition) is 1. The maximum atomic E-state index is 14.8. The molecule has 1 fully saturated rings. The van der Waals surface area contributed by atoms with E-state index in [0.29, 0.717) is 33.2 Å². The van der Waals surface area contributed by atoms with Crippen LogP contribution in [0.1, 0.15) is 68.6 Å². The SMILES string of the molecule is Cc1c(-c2ccc(N3CCC(O[Si](C)(C)C(C)(C)C)CC3)cc2)cc(C(F)F)c2cn(C(C(=O)Nc3nccs3)c3ncn4c3C[C@@H](F)C4)nc12. The van der Waals surface area contributed by atoms with Crippen molar-refractivity contribution < 1.29 is 22.4 Å². The number of hydrogen-bond acceptors (Lipinski definition) is 7. The first kappa shape index (κ1) is 35.4. The van der Waals surface area contributed by atoms with Gasteiger partial charge in [0, 0.05) is 65.7 Å². The number of rotatable bonds is 9. The third-order valence-electron chi connectivity index (χ3n) is 10.8. The second-order valence-electron chi connectivity index (χ2n) is 15.2. The number of fused-ring (bicyclic) bond motifs is 2. The standard InChI is InChI=1S/C37H44F3N7O2SSi/c1-22-27(23-7-9-25(10-8-23)45-14-11-26(12-15-45)49-51(5,6)37(2,3)4)18-28(34(39)40)29-20-47(44-31(22)29)33(35(48)43-36-41-13-16-50-36)32-30-17-24(38)19-46(30)21-42-32/h7-10,13,16,18,20-21,24,26,33-34H,11-12,14-15,17,19H2,1-6H3,(H,41,43,48)/t24-,33?/m1/s1. The Morgan fingerprint density at radius 1 is 1.12 bits per heavy atom. The number of amides is 1. The molecule has 2 aliphatic heterocycles. The summed E-state index contributed by atoms with van der Waals surface area (Å²) < 4.78 is 53.7. The van der Waals surface area contributed by atoms with Crippen LogP contribution in [0.5, 0.6) is 0 Å². The van der Waals surface area contributed by atoms with Crippen molar-refractivity contribution in [1.82, 2.24) is 24.3 Å². The van der Waals surface area contributed by atoms with Gasteiger partial charge in [-0.1, -0.05) is 32.9 Å². The van der Waals surface area contributed by atoms with Crippen LogP contribution >= 0.6 is 11.3 Å². The zero-order valence-electron chi connectivity index (χ0n) is 29.8. The van der Waals surface area contributed by atoms with Crippen molar-refractivity contribution in [2.45, 2.75) is 96.4 Å². The Morgan fingerprint density at radius 2 is 1.84 bits per heavy atom. The van der Waals surface area contributed by atoms with Gasteiger partial charge in [-0.2, -0.15) is 5.10 Å². The molecule has 2 aliphatic rings. The second kappa shape index (κ2) is 13.5. The van der Waals surface area contributed by atoms with Crippen LogP contribution in [-0.4, -0.2) is 63.9 Å². The molecule has 14 heteroatoms. The number of carbonyl (C=O) groups is 1. The van der Waals surface area contributed by atoms with Crippen molar-refractivity contribution in [3.05, 3.63) is 76.9 Å². The fraction of sp³-hybridized carbons (Fsp3) is 0.459. The molecule has 7 rings (SSSR count). The van der Waals surface area contributed by atoms with Crippen molar-refractivity contribution in [1.29, 1.82) is 0 Å². The Balaban J connectivity index is 1.18. The zero-order valence-corrected chi connectivity index (χ0v) is 31.6. The monoisotopic (exact) mass is 735 g/mol. The van der Waals surface area contributed by atoms with Gasteiger partial charge in [-0.25, -0.2) is 23.1 Å². The minimum Gasteiger partial charge on any atom is -0.414 e. The number of halogens is 3. The van der Waals surface area contributed by atoms with Crippen molar-refractivity contribution in [3.63, 3.8) is 0 Å². The first-order valence-electron chi connectivity index (χ1n) is 17.4. The molecule has 51 heavy (non-hydrogen) atoms. The largest absolute Gasteiger partial charge is 0.414 e. The van der Waals surface area contributed by atoms with Crippen molar-refractivity contribution in [2.75, 3.05) is 23.3 Å². The molecule has 5 heterocycles. The normalized spacial score (nSPS) is 17.8. The van der Waals surface area contributed by atoms with Gasteiger partial charge >= 0.3 is 0 Å². The summed E-state index contributed by atoms with van der Waals surface area (Å²) in [6, 6.07) is 8.43. The van der Waals surface area contributed by atoms with E-state index in [-0.39, 0.29) is 35.1 Å². The Morgan fingerprint density at radius 3 is 2.49 bits per heavy atom. The summed E-state index contributed by atoms with van der Waals surface area (Å²) in [6.07, 6.45) is 2.96. The van der Waals surface area contributed by atoms with Crippen LogP contribution in [0.25, 0.3) is 22.0 Å². The Hall–Kier alpha value is -4.01. The molecule has 270 valence electrons. The molecule has 0 spiro atoms. The van der Waals surface area contributed by atoms with Crippen LogP contribution in [0.15, 0.2) is 54.4 Å². The van der Waals surface area contributed by atoms with Gasteiger partial charge in [-0.3, -0.25) is 14.8 Å². The number of nitrogens with one attached hydrogen (secondary N) is 1.